The minimum Gasteiger partial charge on any atom is -0.454 e. The van der Waals surface area contributed by atoms with E-state index < -0.39 is 101 Å². The second kappa shape index (κ2) is 18.4. The fourth-order valence-corrected chi connectivity index (χ4v) is 10.4. The predicted molar refractivity (Wildman–Crippen MR) is 201 cm³/mol. The molecule has 4 aromatic rings. The predicted octanol–water partition coefficient (Wildman–Crippen LogP) is 4.46. The molecule has 4 N–H and O–H groups in total. The lowest BCUT2D eigenvalue weighted by molar-refractivity contribution is -0.141. The third-order valence-corrected chi connectivity index (χ3v) is 14.1. The van der Waals surface area contributed by atoms with Crippen LogP contribution in [-0.4, -0.2) is 112 Å². The number of nitrogens with one attached hydrogen (secondary N) is 1. The van der Waals surface area contributed by atoms with Crippen molar-refractivity contribution < 1.29 is 60.1 Å². The van der Waals surface area contributed by atoms with Gasteiger partial charge in [-0.3, -0.25) is 32.3 Å². The fraction of sp³-hybridized carbons (Fsp3) is 0.656. The van der Waals surface area contributed by atoms with Gasteiger partial charge in [-0.1, -0.05) is 45.4 Å². The number of fused-ring (bicyclic) bond motifs is 5. The Bertz CT molecular complexity index is 2220. The third kappa shape index (κ3) is 9.46. The number of hydrogen-bond donors (Lipinski definition) is 3. The lowest BCUT2D eigenvalue weighted by atomic mass is 10.1. The Labute approximate surface area is 332 Å². The minimum absolute atomic E-state index is 0.0148. The largest absolute Gasteiger partial charge is 0.454 e. The van der Waals surface area contributed by atoms with Gasteiger partial charge in [0.05, 0.1) is 32.2 Å². The molecule has 2 unspecified atom stereocenters. The molecular formula is C32H43F2N9O12P2S. The number of carbonyl (C=O) groups excluding carboxylic acids is 1. The molecule has 7 rings (SSSR count). The van der Waals surface area contributed by atoms with Gasteiger partial charge in [0.25, 0.3) is 5.56 Å². The summed E-state index contributed by atoms with van der Waals surface area (Å²) in [5, 5.41) is 0. The molecule has 0 aromatic carbocycles. The van der Waals surface area contributed by atoms with Crippen molar-refractivity contribution in [3.63, 3.8) is 0 Å². The third-order valence-electron chi connectivity index (χ3n) is 9.77. The zero-order valence-electron chi connectivity index (χ0n) is 31.1. The molecule has 4 aromatic heterocycles. The van der Waals surface area contributed by atoms with E-state index in [1.54, 1.807) is 0 Å². The number of aromatic nitrogens is 8. The number of alkyl halides is 2. The number of aromatic amines is 1. The van der Waals surface area contributed by atoms with Gasteiger partial charge in [-0.2, -0.15) is 0 Å². The number of anilines is 1. The number of H-pyrrole nitrogens is 1. The minimum atomic E-state index is -4.73. The van der Waals surface area contributed by atoms with E-state index in [4.69, 9.17) is 38.3 Å². The van der Waals surface area contributed by atoms with Gasteiger partial charge < -0.3 is 39.1 Å². The number of nitrogens with zero attached hydrogens (tertiary/aromatic N) is 7. The zero-order chi connectivity index (χ0) is 41.0. The van der Waals surface area contributed by atoms with E-state index in [0.29, 0.717) is 17.8 Å². The van der Waals surface area contributed by atoms with E-state index in [1.807, 2.05) is 0 Å². The molecule has 3 saturated heterocycles. The van der Waals surface area contributed by atoms with Gasteiger partial charge in [0.1, 0.15) is 48.5 Å². The summed E-state index contributed by atoms with van der Waals surface area (Å²) in [6.07, 6.45) is -3.42. The molecule has 318 valence electrons. The number of unbranched alkanes of at least 4 members (excludes halogenated alkanes) is 6. The van der Waals surface area contributed by atoms with Gasteiger partial charge in [0.2, 0.25) is 0 Å². The van der Waals surface area contributed by atoms with Crippen molar-refractivity contribution in [1.82, 2.24) is 39.0 Å². The summed E-state index contributed by atoms with van der Waals surface area (Å²) in [6.45, 7) is -4.14. The van der Waals surface area contributed by atoms with Crippen molar-refractivity contribution in [2.75, 3.05) is 31.2 Å². The van der Waals surface area contributed by atoms with Crippen LogP contribution in [-0.2, 0) is 46.4 Å². The van der Waals surface area contributed by atoms with Gasteiger partial charge >= 0.3 is 20.4 Å². The second-order valence-electron chi connectivity index (χ2n) is 13.8. The molecule has 26 heteroatoms. The highest BCUT2D eigenvalue weighted by Gasteiger charge is 2.54. The highest BCUT2D eigenvalue weighted by atomic mass is 32.7. The van der Waals surface area contributed by atoms with E-state index in [9.17, 15) is 23.6 Å². The van der Waals surface area contributed by atoms with Crippen LogP contribution in [0.5, 0.6) is 0 Å². The van der Waals surface area contributed by atoms with Crippen LogP contribution in [0.4, 0.5) is 14.6 Å². The average Bonchev–Trinajstić information content (AvgIpc) is 3.96. The SMILES string of the molecule is CCCCCCCCCC(=O)OCSP1(=O)OC[C@H]2O[C@@H](n3cnc4c(N)ncnc43)[C@H](F)[C@@H]2OCP(=O)(O)OC[C@H]2O[C@@H](n3cnc4c(=O)[nH]cnc43)[C@H](O1)[C@@H]2F. The molecule has 3 aliphatic heterocycles. The van der Waals surface area contributed by atoms with Crippen molar-refractivity contribution in [3.05, 3.63) is 35.7 Å². The fourth-order valence-electron chi connectivity index (χ4n) is 6.80. The van der Waals surface area contributed by atoms with Crippen molar-refractivity contribution in [1.29, 1.82) is 0 Å². The van der Waals surface area contributed by atoms with Gasteiger partial charge in [-0.05, 0) is 6.42 Å². The molecule has 2 bridgehead atoms. The summed E-state index contributed by atoms with van der Waals surface area (Å²) >= 11 is 0.421. The average molecular weight is 878 g/mol. The summed E-state index contributed by atoms with van der Waals surface area (Å²) in [5.74, 6) is -1.10. The Morgan fingerprint density at radius 3 is 2.41 bits per heavy atom. The Morgan fingerprint density at radius 1 is 0.931 bits per heavy atom. The maximum absolute atomic E-state index is 16.4. The zero-order valence-corrected chi connectivity index (χ0v) is 33.7. The molecule has 0 amide bonds. The van der Waals surface area contributed by atoms with Gasteiger partial charge in [-0.25, -0.2) is 38.3 Å². The second-order valence-corrected chi connectivity index (χ2v) is 19.6. The molecular weight excluding hydrogens is 834 g/mol. The Hall–Kier alpha value is -3.44. The van der Waals surface area contributed by atoms with E-state index in [2.05, 4.69) is 36.8 Å². The van der Waals surface area contributed by atoms with E-state index in [-0.39, 0.29) is 34.6 Å². The quantitative estimate of drug-likeness (QED) is 0.0724. The number of rotatable bonds is 13. The van der Waals surface area contributed by atoms with E-state index >= 15 is 8.78 Å². The highest BCUT2D eigenvalue weighted by molar-refractivity contribution is 8.55. The van der Waals surface area contributed by atoms with Crippen LogP contribution in [0.15, 0.2) is 30.1 Å². The molecule has 58 heavy (non-hydrogen) atoms. The first-order valence-corrected chi connectivity index (χ1v) is 23.5. The van der Waals surface area contributed by atoms with Crippen molar-refractivity contribution in [3.8, 4) is 0 Å². The smallest absolute Gasteiger partial charge is 0.393 e. The van der Waals surface area contributed by atoms with E-state index in [1.165, 1.54) is 15.5 Å². The molecule has 0 aliphatic carbocycles. The van der Waals surface area contributed by atoms with Crippen LogP contribution in [0.2, 0.25) is 0 Å². The van der Waals surface area contributed by atoms with Crippen LogP contribution < -0.4 is 11.3 Å². The molecule has 21 nitrogen and oxygen atoms in total. The van der Waals surface area contributed by atoms with Crippen LogP contribution in [0.3, 0.4) is 0 Å². The molecule has 7 heterocycles. The van der Waals surface area contributed by atoms with Gasteiger partial charge in [-0.15, -0.1) is 0 Å². The number of nitrogens with two attached hydrogens (primary N) is 1. The summed E-state index contributed by atoms with van der Waals surface area (Å²) in [7, 11) is -4.73. The van der Waals surface area contributed by atoms with Crippen LogP contribution in [0, 0.1) is 0 Å². The standard InChI is InChI=1S/C32H43F2N9O12P2S/c1-2-3-4-5-6-7-8-9-20(44)50-17-58-57(48)52-11-19-25(22(34)31(54-19)42-14-40-23-27(35)36-12-37-28(23)42)49-16-56(46,47)51-10-18-21(33)26(55-57)32(53-18)43-15-41-24-29(43)38-13-39-30(24)45/h12-15,18-19,21-22,25-26,31-32H,2-11,16-17H2,1H3,(H,46,47)(H2,35,36,37)(H,38,39,45)/t18-,19-,21-,22-,25-,26-,31-,32-,57?/m1/s1. The molecule has 3 aliphatic rings. The number of carbonyl (C=O) groups is 1. The Balaban J connectivity index is 1.15. The summed E-state index contributed by atoms with van der Waals surface area (Å²) in [4.78, 5) is 58.5. The van der Waals surface area contributed by atoms with E-state index in [0.717, 1.165) is 57.5 Å². The maximum Gasteiger partial charge on any atom is 0.393 e. The van der Waals surface area contributed by atoms with Crippen LogP contribution in [0.1, 0.15) is 70.7 Å². The molecule has 10 atom stereocenters. The molecule has 0 radical (unpaired) electrons. The number of nitrogen functional groups attached to an aromatic ring is 1. The Kier molecular flexibility index (Phi) is 13.6. The molecule has 0 spiro atoms. The number of halogens is 2. The first-order chi connectivity index (χ1) is 27.9. The molecule has 0 saturated carbocycles. The number of esters is 1. The van der Waals surface area contributed by atoms with Crippen molar-refractivity contribution in [2.45, 2.75) is 108 Å². The summed E-state index contributed by atoms with van der Waals surface area (Å²) in [6, 6.07) is 0. The molecule has 3 fully saturated rings. The topological polar surface area (TPSA) is 269 Å². The summed E-state index contributed by atoms with van der Waals surface area (Å²) in [5.41, 5.74) is 5.36. The summed E-state index contributed by atoms with van der Waals surface area (Å²) < 4.78 is 103. The Morgan fingerprint density at radius 2 is 1.62 bits per heavy atom. The number of ether oxygens (including phenoxy) is 4. The normalized spacial score (nSPS) is 32.0. The lowest BCUT2D eigenvalue weighted by Crippen LogP contribution is -2.36. The monoisotopic (exact) mass is 877 g/mol. The van der Waals surface area contributed by atoms with Gasteiger partial charge in [0.15, 0.2) is 47.4 Å². The van der Waals surface area contributed by atoms with Crippen LogP contribution >= 0.6 is 25.8 Å². The lowest BCUT2D eigenvalue weighted by Gasteiger charge is -2.27. The van der Waals surface area contributed by atoms with Crippen molar-refractivity contribution in [2.24, 2.45) is 0 Å². The number of imidazole rings is 2. The maximum atomic E-state index is 16.4. The van der Waals surface area contributed by atoms with Crippen molar-refractivity contribution >= 4 is 59.9 Å². The highest BCUT2D eigenvalue weighted by Crippen LogP contribution is 2.64. The van der Waals surface area contributed by atoms with Gasteiger partial charge in [0, 0.05) is 17.8 Å². The first-order valence-electron chi connectivity index (χ1n) is 18.6. The first kappa shape index (κ1) is 42.7. The number of hydrogen-bond acceptors (Lipinski definition) is 18. The van der Waals surface area contributed by atoms with Crippen LogP contribution in [0.25, 0.3) is 22.3 Å².